The van der Waals surface area contributed by atoms with Crippen molar-refractivity contribution in [1.82, 2.24) is 4.98 Å². The molecule has 0 fully saturated rings. The van der Waals surface area contributed by atoms with Gasteiger partial charge in [0.15, 0.2) is 11.5 Å². The van der Waals surface area contributed by atoms with E-state index in [9.17, 15) is 4.39 Å². The Balaban J connectivity index is 1.77. The van der Waals surface area contributed by atoms with Crippen LogP contribution in [-0.2, 0) is 6.54 Å². The van der Waals surface area contributed by atoms with Crippen molar-refractivity contribution in [2.75, 3.05) is 18.5 Å². The van der Waals surface area contributed by atoms with E-state index in [0.717, 1.165) is 23.5 Å². The Hall–Kier alpha value is -2.30. The summed E-state index contributed by atoms with van der Waals surface area (Å²) in [4.78, 5) is 3.77. The van der Waals surface area contributed by atoms with Crippen LogP contribution in [0.15, 0.2) is 36.4 Å². The number of aromatic nitrogens is 1. The summed E-state index contributed by atoms with van der Waals surface area (Å²) >= 11 is 0. The van der Waals surface area contributed by atoms with Crippen LogP contribution < -0.4 is 14.8 Å². The first-order valence-electron chi connectivity index (χ1n) is 6.57. The van der Waals surface area contributed by atoms with E-state index in [1.54, 1.807) is 12.1 Å². The third-order valence-corrected chi connectivity index (χ3v) is 3.03. The summed E-state index contributed by atoms with van der Waals surface area (Å²) in [6, 6.07) is 10.4. The zero-order chi connectivity index (χ0) is 13.8. The van der Waals surface area contributed by atoms with Crippen molar-refractivity contribution < 1.29 is 13.9 Å². The molecule has 0 amide bonds. The van der Waals surface area contributed by atoms with Gasteiger partial charge >= 0.3 is 0 Å². The number of benzene rings is 1. The van der Waals surface area contributed by atoms with Gasteiger partial charge in [-0.1, -0.05) is 18.2 Å². The molecule has 104 valence electrons. The van der Waals surface area contributed by atoms with Crippen molar-refractivity contribution in [1.29, 1.82) is 0 Å². The molecule has 2 aromatic rings. The summed E-state index contributed by atoms with van der Waals surface area (Å²) in [6.45, 7) is 1.81. The summed E-state index contributed by atoms with van der Waals surface area (Å²) < 4.78 is 24.4. The molecule has 0 saturated carbocycles. The first kappa shape index (κ1) is 12.7. The van der Waals surface area contributed by atoms with Gasteiger partial charge < -0.3 is 14.8 Å². The van der Waals surface area contributed by atoms with Crippen molar-refractivity contribution >= 4 is 5.82 Å². The number of hydrogen-bond acceptors (Lipinski definition) is 4. The minimum absolute atomic E-state index is 0.497. The van der Waals surface area contributed by atoms with Crippen LogP contribution >= 0.6 is 0 Å². The van der Waals surface area contributed by atoms with Gasteiger partial charge in [0, 0.05) is 18.5 Å². The second-order valence-electron chi connectivity index (χ2n) is 4.49. The predicted octanol–water partition coefficient (Wildman–Crippen LogP) is 2.99. The molecule has 0 unspecified atom stereocenters. The van der Waals surface area contributed by atoms with Gasteiger partial charge in [-0.05, 0) is 18.2 Å². The Morgan fingerprint density at radius 3 is 2.85 bits per heavy atom. The van der Waals surface area contributed by atoms with Crippen LogP contribution in [0.5, 0.6) is 11.5 Å². The number of anilines is 1. The average Bonchev–Trinajstić information content (AvgIpc) is 2.71. The highest BCUT2D eigenvalue weighted by Crippen LogP contribution is 2.33. The van der Waals surface area contributed by atoms with E-state index < -0.39 is 5.95 Å². The number of hydrogen-bond donors (Lipinski definition) is 1. The van der Waals surface area contributed by atoms with E-state index in [0.29, 0.717) is 25.6 Å². The smallest absolute Gasteiger partial charge is 0.214 e. The maximum Gasteiger partial charge on any atom is 0.214 e. The predicted molar refractivity (Wildman–Crippen MR) is 73.6 cm³/mol. The molecule has 0 saturated heterocycles. The second-order valence-corrected chi connectivity index (χ2v) is 4.49. The molecule has 1 aromatic carbocycles. The number of rotatable bonds is 3. The lowest BCUT2D eigenvalue weighted by atomic mass is 10.2. The largest absolute Gasteiger partial charge is 0.490 e. The van der Waals surface area contributed by atoms with Crippen LogP contribution in [0.4, 0.5) is 10.2 Å². The lowest BCUT2D eigenvalue weighted by Crippen LogP contribution is -2.05. The molecule has 1 aromatic heterocycles. The van der Waals surface area contributed by atoms with E-state index in [1.165, 1.54) is 6.07 Å². The number of halogens is 1. The Labute approximate surface area is 116 Å². The topological polar surface area (TPSA) is 43.4 Å². The van der Waals surface area contributed by atoms with Gasteiger partial charge in [-0.3, -0.25) is 0 Å². The average molecular weight is 274 g/mol. The first-order valence-corrected chi connectivity index (χ1v) is 6.57. The zero-order valence-electron chi connectivity index (χ0n) is 10.9. The monoisotopic (exact) mass is 274 g/mol. The molecule has 20 heavy (non-hydrogen) atoms. The molecule has 0 aliphatic carbocycles. The van der Waals surface area contributed by atoms with Crippen LogP contribution in [0.25, 0.3) is 0 Å². The zero-order valence-corrected chi connectivity index (χ0v) is 10.9. The Kier molecular flexibility index (Phi) is 3.67. The van der Waals surface area contributed by atoms with Crippen molar-refractivity contribution in [3.8, 4) is 11.5 Å². The van der Waals surface area contributed by atoms with Crippen LogP contribution in [-0.4, -0.2) is 18.2 Å². The van der Waals surface area contributed by atoms with Gasteiger partial charge in [0.05, 0.1) is 13.2 Å². The molecule has 5 heteroatoms. The van der Waals surface area contributed by atoms with E-state index in [2.05, 4.69) is 10.3 Å². The van der Waals surface area contributed by atoms with Gasteiger partial charge in [0.2, 0.25) is 5.95 Å². The fourth-order valence-electron chi connectivity index (χ4n) is 2.09. The van der Waals surface area contributed by atoms with E-state index >= 15 is 0 Å². The first-order chi connectivity index (χ1) is 9.83. The molecule has 1 N–H and O–H groups in total. The van der Waals surface area contributed by atoms with E-state index in [4.69, 9.17) is 9.47 Å². The molecule has 1 aliphatic heterocycles. The number of ether oxygens (including phenoxy) is 2. The van der Waals surface area contributed by atoms with E-state index in [1.807, 2.05) is 18.2 Å². The van der Waals surface area contributed by atoms with Gasteiger partial charge in [0.25, 0.3) is 0 Å². The molecular weight excluding hydrogens is 259 g/mol. The van der Waals surface area contributed by atoms with Crippen molar-refractivity contribution in [3.05, 3.63) is 47.9 Å². The second kappa shape index (κ2) is 5.77. The summed E-state index contributed by atoms with van der Waals surface area (Å²) in [6.07, 6.45) is 0.868. The van der Waals surface area contributed by atoms with Crippen LogP contribution in [0.1, 0.15) is 12.0 Å². The molecule has 4 nitrogen and oxygen atoms in total. The minimum atomic E-state index is -0.499. The highest BCUT2D eigenvalue weighted by atomic mass is 19.1. The van der Waals surface area contributed by atoms with Gasteiger partial charge in [0.1, 0.15) is 5.82 Å². The number of nitrogens with one attached hydrogen (secondary N) is 1. The van der Waals surface area contributed by atoms with Gasteiger partial charge in [-0.2, -0.15) is 4.39 Å². The molecule has 0 radical (unpaired) electrons. The third-order valence-electron chi connectivity index (χ3n) is 3.03. The Morgan fingerprint density at radius 2 is 1.95 bits per heavy atom. The van der Waals surface area contributed by atoms with Crippen molar-refractivity contribution in [2.24, 2.45) is 0 Å². The lowest BCUT2D eigenvalue weighted by molar-refractivity contribution is 0.296. The third kappa shape index (κ3) is 2.82. The number of nitrogens with zero attached hydrogens (tertiary/aromatic N) is 1. The highest BCUT2D eigenvalue weighted by molar-refractivity contribution is 5.48. The minimum Gasteiger partial charge on any atom is -0.490 e. The number of fused-ring (bicyclic) bond motifs is 1. The number of pyridine rings is 1. The standard InChI is InChI=1S/C15H15FN2O2/c16-13-6-2-7-14(18-13)17-10-11-4-1-5-12-15(11)20-9-3-8-19-12/h1-2,4-7H,3,8-10H2,(H,17,18). The maximum absolute atomic E-state index is 13.0. The SMILES string of the molecule is Fc1cccc(NCc2cccc3c2OCCCO3)n1. The molecule has 0 bridgehead atoms. The lowest BCUT2D eigenvalue weighted by Gasteiger charge is -2.13. The summed E-state index contributed by atoms with van der Waals surface area (Å²) in [5.74, 6) is 1.52. The molecule has 1 aliphatic rings. The van der Waals surface area contributed by atoms with Crippen molar-refractivity contribution in [2.45, 2.75) is 13.0 Å². The molecule has 3 rings (SSSR count). The van der Waals surface area contributed by atoms with E-state index in [-0.39, 0.29) is 0 Å². The fraction of sp³-hybridized carbons (Fsp3) is 0.267. The summed E-state index contributed by atoms with van der Waals surface area (Å²) in [5, 5.41) is 3.09. The highest BCUT2D eigenvalue weighted by Gasteiger charge is 2.14. The number of para-hydroxylation sites is 1. The molecule has 0 atom stereocenters. The van der Waals surface area contributed by atoms with Gasteiger partial charge in [-0.15, -0.1) is 0 Å². The Bertz CT molecular complexity index is 604. The molecule has 0 spiro atoms. The molecule has 2 heterocycles. The van der Waals surface area contributed by atoms with Crippen molar-refractivity contribution in [3.63, 3.8) is 0 Å². The normalized spacial score (nSPS) is 13.7. The summed E-state index contributed by atoms with van der Waals surface area (Å²) in [7, 11) is 0. The Morgan fingerprint density at radius 1 is 1.10 bits per heavy atom. The fourth-order valence-corrected chi connectivity index (χ4v) is 2.09. The maximum atomic E-state index is 13.0. The molecular formula is C15H15FN2O2. The van der Waals surface area contributed by atoms with Crippen LogP contribution in [0.3, 0.4) is 0 Å². The van der Waals surface area contributed by atoms with Crippen LogP contribution in [0.2, 0.25) is 0 Å². The van der Waals surface area contributed by atoms with Gasteiger partial charge in [-0.25, -0.2) is 4.98 Å². The summed E-state index contributed by atoms with van der Waals surface area (Å²) in [5.41, 5.74) is 0.968. The quantitative estimate of drug-likeness (QED) is 0.874. The van der Waals surface area contributed by atoms with Crippen LogP contribution in [0, 0.1) is 5.95 Å².